The normalized spacial score (nSPS) is 14.4. The summed E-state index contributed by atoms with van der Waals surface area (Å²) in [6.07, 6.45) is 6.97. The molecule has 0 bridgehead atoms. The largest absolute Gasteiger partial charge is 0.340 e. The molecule has 3 aromatic heterocycles. The smallest absolute Gasteiger partial charge is 0.227 e. The van der Waals surface area contributed by atoms with Crippen LogP contribution < -0.4 is 0 Å². The van der Waals surface area contributed by atoms with E-state index in [0.29, 0.717) is 13.0 Å². The second kappa shape index (κ2) is 6.60. The van der Waals surface area contributed by atoms with Crippen molar-refractivity contribution in [3.63, 3.8) is 0 Å². The predicted molar refractivity (Wildman–Crippen MR) is 91.9 cm³/mol. The van der Waals surface area contributed by atoms with Gasteiger partial charge in [0, 0.05) is 43.3 Å². The van der Waals surface area contributed by atoms with E-state index in [0.717, 1.165) is 42.5 Å². The summed E-state index contributed by atoms with van der Waals surface area (Å²) in [5, 5.41) is 6.28. The highest BCUT2D eigenvalue weighted by molar-refractivity contribution is 7.10. The molecule has 0 N–H and O–H groups in total. The molecule has 1 aliphatic rings. The number of carbonyl (C=O) groups is 1. The van der Waals surface area contributed by atoms with E-state index >= 15 is 0 Å². The zero-order valence-electron chi connectivity index (χ0n) is 13.3. The van der Waals surface area contributed by atoms with Gasteiger partial charge in [0.05, 0.1) is 24.9 Å². The first-order valence-corrected chi connectivity index (χ1v) is 8.98. The standard InChI is InChI=1S/C17H19N5OS/c23-17(11-15-3-1-10-24-15)20-7-4-16-18-12-14(22(16)9-8-20)13-21-6-2-5-19-21/h1-3,5-6,10,12H,4,7-9,11,13H2. The monoisotopic (exact) mass is 341 g/mol. The van der Waals surface area contributed by atoms with Crippen molar-refractivity contribution >= 4 is 17.2 Å². The van der Waals surface area contributed by atoms with E-state index < -0.39 is 0 Å². The molecule has 124 valence electrons. The van der Waals surface area contributed by atoms with Crippen molar-refractivity contribution in [3.8, 4) is 0 Å². The van der Waals surface area contributed by atoms with Crippen molar-refractivity contribution in [1.29, 1.82) is 0 Å². The SMILES string of the molecule is O=C(Cc1cccs1)N1CCc2ncc(Cn3cccn3)n2CC1. The Balaban J connectivity index is 1.44. The van der Waals surface area contributed by atoms with Crippen molar-refractivity contribution in [2.75, 3.05) is 13.1 Å². The van der Waals surface area contributed by atoms with Gasteiger partial charge in [0.2, 0.25) is 5.91 Å². The molecule has 0 aromatic carbocycles. The zero-order chi connectivity index (χ0) is 16.4. The minimum Gasteiger partial charge on any atom is -0.340 e. The van der Waals surface area contributed by atoms with Gasteiger partial charge in [0.25, 0.3) is 0 Å². The van der Waals surface area contributed by atoms with Crippen molar-refractivity contribution in [2.45, 2.75) is 25.9 Å². The van der Waals surface area contributed by atoms with Crippen molar-refractivity contribution < 1.29 is 4.79 Å². The molecular weight excluding hydrogens is 322 g/mol. The van der Waals surface area contributed by atoms with Crippen LogP contribution in [0.3, 0.4) is 0 Å². The molecule has 0 radical (unpaired) electrons. The number of carbonyl (C=O) groups excluding carboxylic acids is 1. The molecule has 3 aromatic rings. The van der Waals surface area contributed by atoms with E-state index in [9.17, 15) is 4.79 Å². The number of fused-ring (bicyclic) bond motifs is 1. The van der Waals surface area contributed by atoms with Gasteiger partial charge >= 0.3 is 0 Å². The van der Waals surface area contributed by atoms with Gasteiger partial charge in [-0.1, -0.05) is 6.07 Å². The first-order chi connectivity index (χ1) is 11.8. The van der Waals surface area contributed by atoms with Crippen molar-refractivity contribution in [2.24, 2.45) is 0 Å². The Labute approximate surface area is 144 Å². The third-order valence-electron chi connectivity index (χ3n) is 4.36. The number of rotatable bonds is 4. The van der Waals surface area contributed by atoms with Gasteiger partial charge in [-0.05, 0) is 17.5 Å². The molecule has 7 heteroatoms. The van der Waals surface area contributed by atoms with Crippen molar-refractivity contribution in [3.05, 3.63) is 58.6 Å². The topological polar surface area (TPSA) is 56.0 Å². The summed E-state index contributed by atoms with van der Waals surface area (Å²) in [6.45, 7) is 2.98. The molecule has 0 aliphatic carbocycles. The van der Waals surface area contributed by atoms with Crippen LogP contribution >= 0.6 is 11.3 Å². The summed E-state index contributed by atoms with van der Waals surface area (Å²) < 4.78 is 4.13. The molecule has 1 aliphatic heterocycles. The summed E-state index contributed by atoms with van der Waals surface area (Å²) in [4.78, 5) is 20.2. The van der Waals surface area contributed by atoms with Crippen LogP contribution in [0.2, 0.25) is 0 Å². The molecule has 6 nitrogen and oxygen atoms in total. The van der Waals surface area contributed by atoms with Crippen LogP contribution in [-0.2, 0) is 30.7 Å². The average molecular weight is 341 g/mol. The van der Waals surface area contributed by atoms with Gasteiger partial charge in [0.1, 0.15) is 5.82 Å². The Morgan fingerprint density at radius 1 is 1.25 bits per heavy atom. The molecule has 0 saturated carbocycles. The van der Waals surface area contributed by atoms with E-state index in [-0.39, 0.29) is 5.91 Å². The first-order valence-electron chi connectivity index (χ1n) is 8.10. The maximum Gasteiger partial charge on any atom is 0.227 e. The molecule has 4 rings (SSSR count). The van der Waals surface area contributed by atoms with Gasteiger partial charge < -0.3 is 9.47 Å². The van der Waals surface area contributed by atoms with Crippen LogP contribution in [0.1, 0.15) is 16.4 Å². The third kappa shape index (κ3) is 3.12. The summed E-state index contributed by atoms with van der Waals surface area (Å²) in [7, 11) is 0. The summed E-state index contributed by atoms with van der Waals surface area (Å²) in [5.41, 5.74) is 1.14. The number of aromatic nitrogens is 4. The molecule has 24 heavy (non-hydrogen) atoms. The second-order valence-electron chi connectivity index (χ2n) is 5.91. The van der Waals surface area contributed by atoms with Crippen LogP contribution in [0, 0.1) is 0 Å². The maximum absolute atomic E-state index is 12.5. The van der Waals surface area contributed by atoms with Crippen LogP contribution in [-0.4, -0.2) is 43.2 Å². The number of hydrogen-bond acceptors (Lipinski definition) is 4. The van der Waals surface area contributed by atoms with Gasteiger partial charge in [0.15, 0.2) is 0 Å². The van der Waals surface area contributed by atoms with E-state index in [2.05, 4.69) is 14.6 Å². The highest BCUT2D eigenvalue weighted by atomic mass is 32.1. The molecule has 0 fully saturated rings. The molecule has 0 atom stereocenters. The predicted octanol–water partition coefficient (Wildman–Crippen LogP) is 1.82. The number of imidazole rings is 1. The minimum absolute atomic E-state index is 0.205. The molecule has 0 saturated heterocycles. The summed E-state index contributed by atoms with van der Waals surface area (Å²) in [6, 6.07) is 5.94. The van der Waals surface area contributed by atoms with Gasteiger partial charge in [-0.15, -0.1) is 11.3 Å². The Morgan fingerprint density at radius 3 is 3.00 bits per heavy atom. The van der Waals surface area contributed by atoms with E-state index in [1.807, 2.05) is 45.6 Å². The molecular formula is C17H19N5OS. The highest BCUT2D eigenvalue weighted by Crippen LogP contribution is 2.15. The maximum atomic E-state index is 12.5. The van der Waals surface area contributed by atoms with Crippen LogP contribution in [0.15, 0.2) is 42.2 Å². The fourth-order valence-corrected chi connectivity index (χ4v) is 3.80. The summed E-state index contributed by atoms with van der Waals surface area (Å²) >= 11 is 1.64. The van der Waals surface area contributed by atoms with E-state index in [1.165, 1.54) is 0 Å². The average Bonchev–Trinajstić information content (AvgIpc) is 3.30. The lowest BCUT2D eigenvalue weighted by atomic mass is 10.3. The number of nitrogens with zero attached hydrogens (tertiary/aromatic N) is 5. The fraction of sp³-hybridized carbons (Fsp3) is 0.353. The minimum atomic E-state index is 0.205. The Kier molecular flexibility index (Phi) is 4.17. The Hall–Kier alpha value is -2.41. The number of hydrogen-bond donors (Lipinski definition) is 0. The van der Waals surface area contributed by atoms with E-state index in [1.54, 1.807) is 17.5 Å². The second-order valence-corrected chi connectivity index (χ2v) is 6.94. The van der Waals surface area contributed by atoms with Gasteiger partial charge in [-0.25, -0.2) is 4.98 Å². The molecule has 0 spiro atoms. The lowest BCUT2D eigenvalue weighted by Gasteiger charge is -2.20. The number of amides is 1. The quantitative estimate of drug-likeness (QED) is 0.727. The Bertz CT molecular complexity index is 806. The highest BCUT2D eigenvalue weighted by Gasteiger charge is 2.21. The first kappa shape index (κ1) is 15.1. The van der Waals surface area contributed by atoms with E-state index in [4.69, 9.17) is 0 Å². The lowest BCUT2D eigenvalue weighted by Crippen LogP contribution is -2.34. The molecule has 4 heterocycles. The van der Waals surface area contributed by atoms with Crippen molar-refractivity contribution in [1.82, 2.24) is 24.2 Å². The van der Waals surface area contributed by atoms with Crippen LogP contribution in [0.5, 0.6) is 0 Å². The van der Waals surface area contributed by atoms with Gasteiger partial charge in [-0.2, -0.15) is 5.10 Å². The molecule has 1 amide bonds. The zero-order valence-corrected chi connectivity index (χ0v) is 14.2. The third-order valence-corrected chi connectivity index (χ3v) is 5.24. The Morgan fingerprint density at radius 2 is 2.21 bits per heavy atom. The van der Waals surface area contributed by atoms with Crippen LogP contribution in [0.25, 0.3) is 0 Å². The summed E-state index contributed by atoms with van der Waals surface area (Å²) in [5.74, 6) is 1.26. The van der Waals surface area contributed by atoms with Gasteiger partial charge in [-0.3, -0.25) is 9.48 Å². The molecule has 0 unspecified atom stereocenters. The van der Waals surface area contributed by atoms with Crippen LogP contribution in [0.4, 0.5) is 0 Å². The lowest BCUT2D eigenvalue weighted by molar-refractivity contribution is -0.130. The number of thiophene rings is 1. The fourth-order valence-electron chi connectivity index (χ4n) is 3.10.